The summed E-state index contributed by atoms with van der Waals surface area (Å²) in [5, 5.41) is 19.6. The first-order valence-electron chi connectivity index (χ1n) is 13.0. The molecular formula is C29H35FN4O4. The summed E-state index contributed by atoms with van der Waals surface area (Å²) in [4.78, 5) is 28.1. The third kappa shape index (κ3) is 6.69. The second-order valence-corrected chi connectivity index (χ2v) is 10.9. The number of piperidine rings is 1. The first-order chi connectivity index (χ1) is 18.0. The molecule has 0 unspecified atom stereocenters. The fourth-order valence-corrected chi connectivity index (χ4v) is 5.25. The van der Waals surface area contributed by atoms with Crippen LogP contribution < -0.4 is 10.5 Å². The zero-order valence-corrected chi connectivity index (χ0v) is 21.9. The molecule has 0 spiro atoms. The van der Waals surface area contributed by atoms with Crippen LogP contribution in [0.4, 0.5) is 4.39 Å². The number of carbonyl (C=O) groups excluding carboxylic acids is 2. The summed E-state index contributed by atoms with van der Waals surface area (Å²) in [6.07, 6.45) is 1.22. The number of hydrogen-bond acceptors (Lipinski definition) is 6. The summed E-state index contributed by atoms with van der Waals surface area (Å²) in [5.41, 5.74) is 6.64. The van der Waals surface area contributed by atoms with E-state index in [0.717, 1.165) is 37.1 Å². The molecule has 2 aliphatic rings. The highest BCUT2D eigenvalue weighted by Gasteiger charge is 2.38. The molecule has 2 fully saturated rings. The van der Waals surface area contributed by atoms with E-state index in [0.29, 0.717) is 35.9 Å². The lowest BCUT2D eigenvalue weighted by atomic mass is 9.96. The van der Waals surface area contributed by atoms with Crippen molar-refractivity contribution in [2.24, 2.45) is 11.7 Å². The summed E-state index contributed by atoms with van der Waals surface area (Å²) in [6, 6.07) is 13.7. The molecule has 2 aromatic rings. The second kappa shape index (κ2) is 11.5. The number of carbonyl (C=O) groups is 2. The molecule has 2 amide bonds. The van der Waals surface area contributed by atoms with Crippen LogP contribution in [0.5, 0.6) is 5.75 Å². The van der Waals surface area contributed by atoms with E-state index in [1.54, 1.807) is 50.2 Å². The van der Waals surface area contributed by atoms with E-state index in [1.165, 1.54) is 4.90 Å². The van der Waals surface area contributed by atoms with Gasteiger partial charge in [0.2, 0.25) is 5.91 Å². The van der Waals surface area contributed by atoms with Crippen molar-refractivity contribution in [3.63, 3.8) is 0 Å². The SMILES string of the molecule is CC(C)(F)CN1CCC(COc2ccc(-c3ccc(C(=O)N4C[C@H](O)C[C@H]4C(N)=O)cc3)cc2C#N)CC1. The number of primary amides is 1. The first kappa shape index (κ1) is 27.6. The maximum atomic E-state index is 13.9. The molecule has 0 saturated carbocycles. The van der Waals surface area contributed by atoms with Crippen molar-refractivity contribution in [1.29, 1.82) is 5.26 Å². The highest BCUT2D eigenvalue weighted by molar-refractivity contribution is 5.98. The van der Waals surface area contributed by atoms with E-state index < -0.39 is 23.7 Å². The van der Waals surface area contributed by atoms with Gasteiger partial charge in [-0.05, 0) is 81.1 Å². The summed E-state index contributed by atoms with van der Waals surface area (Å²) in [6.45, 7) is 5.89. The Bertz CT molecular complexity index is 1200. The summed E-state index contributed by atoms with van der Waals surface area (Å²) in [7, 11) is 0. The fourth-order valence-electron chi connectivity index (χ4n) is 5.25. The molecule has 38 heavy (non-hydrogen) atoms. The van der Waals surface area contributed by atoms with Gasteiger partial charge >= 0.3 is 0 Å². The van der Waals surface area contributed by atoms with Crippen LogP contribution >= 0.6 is 0 Å². The van der Waals surface area contributed by atoms with E-state index in [9.17, 15) is 24.3 Å². The molecule has 9 heteroatoms. The van der Waals surface area contributed by atoms with E-state index in [1.807, 2.05) is 6.07 Å². The van der Waals surface area contributed by atoms with Gasteiger partial charge in [-0.15, -0.1) is 0 Å². The quantitative estimate of drug-likeness (QED) is 0.550. The largest absolute Gasteiger partial charge is 0.492 e. The first-order valence-corrected chi connectivity index (χ1v) is 13.0. The van der Waals surface area contributed by atoms with Crippen LogP contribution in [0, 0.1) is 17.2 Å². The lowest BCUT2D eigenvalue weighted by Crippen LogP contribution is -2.43. The number of nitrogens with two attached hydrogens (primary N) is 1. The van der Waals surface area contributed by atoms with Crippen LogP contribution in [0.3, 0.4) is 0 Å². The molecule has 0 radical (unpaired) electrons. The smallest absolute Gasteiger partial charge is 0.254 e. The maximum Gasteiger partial charge on any atom is 0.254 e. The van der Waals surface area contributed by atoms with Gasteiger partial charge in [-0.2, -0.15) is 5.26 Å². The van der Waals surface area contributed by atoms with Gasteiger partial charge in [0.1, 0.15) is 23.5 Å². The number of rotatable bonds is 8. The predicted molar refractivity (Wildman–Crippen MR) is 141 cm³/mol. The van der Waals surface area contributed by atoms with Crippen molar-refractivity contribution in [3.05, 3.63) is 53.6 Å². The minimum absolute atomic E-state index is 0.0656. The van der Waals surface area contributed by atoms with E-state index in [4.69, 9.17) is 10.5 Å². The van der Waals surface area contributed by atoms with Crippen molar-refractivity contribution in [1.82, 2.24) is 9.80 Å². The van der Waals surface area contributed by atoms with Crippen LogP contribution in [0.15, 0.2) is 42.5 Å². The maximum absolute atomic E-state index is 13.9. The van der Waals surface area contributed by atoms with Crippen LogP contribution in [-0.4, -0.2) is 77.3 Å². The summed E-state index contributed by atoms with van der Waals surface area (Å²) >= 11 is 0. The highest BCUT2D eigenvalue weighted by atomic mass is 19.1. The van der Waals surface area contributed by atoms with Gasteiger partial charge < -0.3 is 25.4 Å². The lowest BCUT2D eigenvalue weighted by molar-refractivity contribution is -0.121. The minimum atomic E-state index is -1.20. The van der Waals surface area contributed by atoms with Crippen molar-refractivity contribution in [3.8, 4) is 22.9 Å². The average molecular weight is 523 g/mol. The van der Waals surface area contributed by atoms with E-state index in [2.05, 4.69) is 11.0 Å². The number of benzene rings is 2. The van der Waals surface area contributed by atoms with Crippen molar-refractivity contribution in [2.75, 3.05) is 32.8 Å². The lowest BCUT2D eigenvalue weighted by Gasteiger charge is -2.34. The zero-order valence-electron chi connectivity index (χ0n) is 21.9. The van der Waals surface area contributed by atoms with Gasteiger partial charge in [-0.3, -0.25) is 9.59 Å². The van der Waals surface area contributed by atoms with Crippen molar-refractivity contribution < 1.29 is 23.8 Å². The standard InChI is InChI=1S/C29H35FN4O4/c1-29(2,30)18-33-11-9-19(10-12-33)17-38-26-8-7-22(13-23(26)15-31)20-3-5-21(6-4-20)28(37)34-16-24(35)14-25(34)27(32)36/h3-8,13,19,24-25,35H,9-12,14,16-18H2,1-2H3,(H2,32,36)/t24-,25+/m1/s1. The topological polar surface area (TPSA) is 120 Å². The molecule has 2 aromatic carbocycles. The number of ether oxygens (including phenoxy) is 1. The predicted octanol–water partition coefficient (Wildman–Crippen LogP) is 3.12. The third-order valence-corrected chi connectivity index (χ3v) is 7.21. The number of alkyl halides is 1. The number of aliphatic hydroxyl groups is 1. The number of aliphatic hydroxyl groups excluding tert-OH is 1. The van der Waals surface area contributed by atoms with Gasteiger partial charge in [0.05, 0.1) is 18.3 Å². The molecule has 2 heterocycles. The molecule has 2 aliphatic heterocycles. The van der Waals surface area contributed by atoms with Crippen LogP contribution in [0.25, 0.3) is 11.1 Å². The molecule has 3 N–H and O–H groups in total. The normalized spacial score (nSPS) is 20.8. The van der Waals surface area contributed by atoms with Gasteiger partial charge in [0, 0.05) is 25.1 Å². The van der Waals surface area contributed by atoms with E-state index in [-0.39, 0.29) is 18.9 Å². The Kier molecular flexibility index (Phi) is 8.34. The minimum Gasteiger partial charge on any atom is -0.492 e. The number of β-amino-alcohol motifs (C(OH)–C–C–N with tert-alkyl or cyclic N) is 1. The third-order valence-electron chi connectivity index (χ3n) is 7.21. The molecular weight excluding hydrogens is 487 g/mol. The zero-order chi connectivity index (χ0) is 27.4. The van der Waals surface area contributed by atoms with Crippen LogP contribution in [0.2, 0.25) is 0 Å². The molecule has 8 nitrogen and oxygen atoms in total. The van der Waals surface area contributed by atoms with Crippen LogP contribution in [-0.2, 0) is 4.79 Å². The number of likely N-dealkylation sites (tertiary alicyclic amines) is 2. The van der Waals surface area contributed by atoms with Gasteiger partial charge in [0.15, 0.2) is 0 Å². The van der Waals surface area contributed by atoms with Crippen molar-refractivity contribution in [2.45, 2.75) is 50.9 Å². The molecule has 2 saturated heterocycles. The highest BCUT2D eigenvalue weighted by Crippen LogP contribution is 2.29. The Morgan fingerprint density at radius 2 is 1.82 bits per heavy atom. The number of amides is 2. The van der Waals surface area contributed by atoms with Crippen LogP contribution in [0.1, 0.15) is 49.0 Å². The van der Waals surface area contributed by atoms with Crippen molar-refractivity contribution >= 4 is 11.8 Å². The molecule has 4 rings (SSSR count). The molecule has 2 atom stereocenters. The number of halogens is 1. The van der Waals surface area contributed by atoms with Gasteiger partial charge in [-0.25, -0.2) is 4.39 Å². The van der Waals surface area contributed by atoms with E-state index >= 15 is 0 Å². The Balaban J connectivity index is 1.37. The summed E-state index contributed by atoms with van der Waals surface area (Å²) in [5.74, 6) is -0.113. The molecule has 0 bridgehead atoms. The Morgan fingerprint density at radius 3 is 2.42 bits per heavy atom. The average Bonchev–Trinajstić information content (AvgIpc) is 3.29. The Morgan fingerprint density at radius 1 is 1.16 bits per heavy atom. The van der Waals surface area contributed by atoms with Gasteiger partial charge in [0.25, 0.3) is 5.91 Å². The number of nitrogens with zero attached hydrogens (tertiary/aromatic N) is 3. The molecule has 202 valence electrons. The summed E-state index contributed by atoms with van der Waals surface area (Å²) < 4.78 is 19.9. The Labute approximate surface area is 222 Å². The second-order valence-electron chi connectivity index (χ2n) is 10.9. The number of hydrogen-bond donors (Lipinski definition) is 2. The number of nitriles is 1. The van der Waals surface area contributed by atoms with Gasteiger partial charge in [-0.1, -0.05) is 18.2 Å². The fraction of sp³-hybridized carbons (Fsp3) is 0.483. The molecule has 0 aliphatic carbocycles. The molecule has 0 aromatic heterocycles. The Hall–Kier alpha value is -3.48. The monoisotopic (exact) mass is 522 g/mol.